The van der Waals surface area contributed by atoms with Gasteiger partial charge in [0, 0.05) is 12.6 Å². The van der Waals surface area contributed by atoms with Gasteiger partial charge in [-0.1, -0.05) is 20.8 Å². The Morgan fingerprint density at radius 3 is 2.65 bits per heavy atom. The molecule has 2 rings (SSSR count). The van der Waals surface area contributed by atoms with Gasteiger partial charge in [-0.25, -0.2) is 0 Å². The Kier molecular flexibility index (Phi) is 3.00. The van der Waals surface area contributed by atoms with Crippen LogP contribution < -0.4 is 4.74 Å². The first kappa shape index (κ1) is 12.2. The Morgan fingerprint density at radius 1 is 1.35 bits per heavy atom. The molecule has 2 aromatic rings. The molecule has 1 aromatic heterocycles. The first-order valence-electron chi connectivity index (χ1n) is 5.67. The molecule has 0 saturated carbocycles. The van der Waals surface area contributed by atoms with Gasteiger partial charge in [0.05, 0.1) is 18.1 Å². The summed E-state index contributed by atoms with van der Waals surface area (Å²) in [5.74, 6) is 0.856. The van der Waals surface area contributed by atoms with Gasteiger partial charge in [-0.15, -0.1) is 0 Å². The van der Waals surface area contributed by atoms with Gasteiger partial charge >= 0.3 is 0 Å². The Morgan fingerprint density at radius 2 is 2.06 bits per heavy atom. The Balaban J connectivity index is 2.60. The van der Waals surface area contributed by atoms with E-state index in [2.05, 4.69) is 30.3 Å². The van der Waals surface area contributed by atoms with E-state index < -0.39 is 0 Å². The molecule has 17 heavy (non-hydrogen) atoms. The summed E-state index contributed by atoms with van der Waals surface area (Å²) in [4.78, 5) is 3.22. The Labute approximate surface area is 106 Å². The molecule has 0 aliphatic carbocycles. The molecule has 1 N–H and O–H groups in total. The molecule has 0 aliphatic heterocycles. The van der Waals surface area contributed by atoms with Crippen molar-refractivity contribution in [2.45, 2.75) is 27.3 Å². The van der Waals surface area contributed by atoms with Crippen molar-refractivity contribution in [3.8, 4) is 5.75 Å². The zero-order valence-electron chi connectivity index (χ0n) is 10.7. The first-order chi connectivity index (χ1) is 7.90. The summed E-state index contributed by atoms with van der Waals surface area (Å²) in [5, 5.41) is 0. The molecule has 3 nitrogen and oxygen atoms in total. The summed E-state index contributed by atoms with van der Waals surface area (Å²) in [6, 6.07) is 5.96. The molecule has 1 aromatic carbocycles. The molecule has 0 atom stereocenters. The van der Waals surface area contributed by atoms with E-state index in [1.54, 1.807) is 7.11 Å². The number of rotatable bonds is 2. The maximum Gasteiger partial charge on any atom is 0.178 e. The molecule has 0 radical (unpaired) electrons. The van der Waals surface area contributed by atoms with E-state index in [4.69, 9.17) is 17.0 Å². The maximum atomic E-state index is 5.37. The fraction of sp³-hybridized carbons (Fsp3) is 0.462. The van der Waals surface area contributed by atoms with E-state index >= 15 is 0 Å². The molecule has 4 heteroatoms. The van der Waals surface area contributed by atoms with Crippen LogP contribution in [-0.2, 0) is 6.54 Å². The largest absolute Gasteiger partial charge is 0.497 e. The lowest BCUT2D eigenvalue weighted by atomic mass is 9.97. The number of benzene rings is 1. The van der Waals surface area contributed by atoms with Gasteiger partial charge in [0.25, 0.3) is 0 Å². The van der Waals surface area contributed by atoms with E-state index in [0.717, 1.165) is 28.1 Å². The summed E-state index contributed by atoms with van der Waals surface area (Å²) in [6.45, 7) is 7.49. The van der Waals surface area contributed by atoms with Crippen molar-refractivity contribution in [1.29, 1.82) is 0 Å². The topological polar surface area (TPSA) is 29.9 Å². The number of hydrogen-bond acceptors (Lipinski definition) is 2. The summed E-state index contributed by atoms with van der Waals surface area (Å²) in [7, 11) is 1.68. The fourth-order valence-electron chi connectivity index (χ4n) is 1.89. The number of methoxy groups -OCH3 is 1. The van der Waals surface area contributed by atoms with Crippen LogP contribution in [-0.4, -0.2) is 16.7 Å². The van der Waals surface area contributed by atoms with Crippen LogP contribution in [0.5, 0.6) is 5.75 Å². The first-order valence-corrected chi connectivity index (χ1v) is 6.08. The number of hydrogen-bond donors (Lipinski definition) is 1. The highest BCUT2D eigenvalue weighted by Gasteiger charge is 2.14. The zero-order valence-corrected chi connectivity index (χ0v) is 11.5. The van der Waals surface area contributed by atoms with E-state index in [9.17, 15) is 0 Å². The fourth-order valence-corrected chi connectivity index (χ4v) is 2.16. The van der Waals surface area contributed by atoms with Crippen molar-refractivity contribution < 1.29 is 4.74 Å². The van der Waals surface area contributed by atoms with Crippen molar-refractivity contribution in [2.24, 2.45) is 5.41 Å². The number of fused-ring (bicyclic) bond motifs is 1. The highest BCUT2D eigenvalue weighted by molar-refractivity contribution is 7.71. The minimum absolute atomic E-state index is 0.191. The molecule has 0 spiro atoms. The molecular weight excluding hydrogens is 232 g/mol. The Bertz CT molecular complexity index is 589. The van der Waals surface area contributed by atoms with Gasteiger partial charge in [0.15, 0.2) is 4.77 Å². The number of aromatic nitrogens is 2. The van der Waals surface area contributed by atoms with Crippen LogP contribution in [0.15, 0.2) is 18.2 Å². The van der Waals surface area contributed by atoms with Gasteiger partial charge < -0.3 is 14.3 Å². The molecule has 0 fully saturated rings. The molecular formula is C13H18N2OS. The van der Waals surface area contributed by atoms with Gasteiger partial charge in [-0.05, 0) is 29.8 Å². The minimum Gasteiger partial charge on any atom is -0.497 e. The summed E-state index contributed by atoms with van der Waals surface area (Å²) in [6.07, 6.45) is 0. The summed E-state index contributed by atoms with van der Waals surface area (Å²) >= 11 is 5.37. The molecule has 0 unspecified atom stereocenters. The predicted octanol–water partition coefficient (Wildman–Crippen LogP) is 3.75. The van der Waals surface area contributed by atoms with Crippen LogP contribution in [0.2, 0.25) is 0 Å². The number of nitrogens with zero attached hydrogens (tertiary/aromatic N) is 1. The average Bonchev–Trinajstić information content (AvgIpc) is 2.53. The monoisotopic (exact) mass is 250 g/mol. The quantitative estimate of drug-likeness (QED) is 0.823. The number of nitrogens with one attached hydrogen (secondary N) is 1. The number of imidazole rings is 1. The van der Waals surface area contributed by atoms with Gasteiger partial charge in [-0.3, -0.25) is 0 Å². The Hall–Kier alpha value is -1.29. The van der Waals surface area contributed by atoms with Crippen LogP contribution in [0.1, 0.15) is 20.8 Å². The molecule has 0 amide bonds. The van der Waals surface area contributed by atoms with Crippen molar-refractivity contribution >= 4 is 23.3 Å². The third-order valence-electron chi connectivity index (χ3n) is 2.61. The normalized spacial score (nSPS) is 12.0. The highest BCUT2D eigenvalue weighted by atomic mass is 32.1. The zero-order chi connectivity index (χ0) is 12.6. The average molecular weight is 250 g/mol. The molecule has 0 aliphatic rings. The third-order valence-corrected chi connectivity index (χ3v) is 2.94. The third kappa shape index (κ3) is 2.52. The van der Waals surface area contributed by atoms with Crippen LogP contribution in [0.4, 0.5) is 0 Å². The summed E-state index contributed by atoms with van der Waals surface area (Å²) < 4.78 is 8.15. The van der Waals surface area contributed by atoms with Crippen molar-refractivity contribution in [2.75, 3.05) is 7.11 Å². The lowest BCUT2D eigenvalue weighted by molar-refractivity contribution is 0.346. The predicted molar refractivity (Wildman–Crippen MR) is 73.1 cm³/mol. The van der Waals surface area contributed by atoms with Crippen molar-refractivity contribution in [1.82, 2.24) is 9.55 Å². The molecule has 1 heterocycles. The number of ether oxygens (including phenoxy) is 1. The van der Waals surface area contributed by atoms with Crippen LogP contribution >= 0.6 is 12.2 Å². The maximum absolute atomic E-state index is 5.37. The van der Waals surface area contributed by atoms with E-state index in [0.29, 0.717) is 0 Å². The van der Waals surface area contributed by atoms with E-state index in [-0.39, 0.29) is 5.41 Å². The van der Waals surface area contributed by atoms with Crippen LogP contribution in [0.25, 0.3) is 11.0 Å². The van der Waals surface area contributed by atoms with E-state index in [1.807, 2.05) is 18.2 Å². The SMILES string of the molecule is COc1ccc2[nH]c(=S)n(CC(C)(C)C)c2c1. The smallest absolute Gasteiger partial charge is 0.178 e. The lowest BCUT2D eigenvalue weighted by Gasteiger charge is -2.19. The summed E-state index contributed by atoms with van der Waals surface area (Å²) in [5.41, 5.74) is 2.35. The van der Waals surface area contributed by atoms with Gasteiger partial charge in [0.1, 0.15) is 5.75 Å². The molecule has 0 bridgehead atoms. The second-order valence-electron chi connectivity index (χ2n) is 5.46. The molecule has 92 valence electrons. The lowest BCUT2D eigenvalue weighted by Crippen LogP contribution is -2.15. The second kappa shape index (κ2) is 4.18. The second-order valence-corrected chi connectivity index (χ2v) is 5.85. The minimum atomic E-state index is 0.191. The van der Waals surface area contributed by atoms with Crippen molar-refractivity contribution in [3.63, 3.8) is 0 Å². The van der Waals surface area contributed by atoms with Gasteiger partial charge in [0.2, 0.25) is 0 Å². The number of aromatic amines is 1. The van der Waals surface area contributed by atoms with E-state index in [1.165, 1.54) is 0 Å². The molecule has 0 saturated heterocycles. The van der Waals surface area contributed by atoms with Crippen LogP contribution in [0.3, 0.4) is 0 Å². The highest BCUT2D eigenvalue weighted by Crippen LogP contribution is 2.24. The number of H-pyrrole nitrogens is 1. The van der Waals surface area contributed by atoms with Crippen LogP contribution in [0, 0.1) is 10.2 Å². The van der Waals surface area contributed by atoms with Crippen molar-refractivity contribution in [3.05, 3.63) is 23.0 Å². The standard InChI is InChI=1S/C13H18N2OS/c1-13(2,3)8-15-11-7-9(16-4)5-6-10(11)14-12(15)17/h5-7H,8H2,1-4H3,(H,14,17). The van der Waals surface area contributed by atoms with Gasteiger partial charge in [-0.2, -0.15) is 0 Å².